The minimum Gasteiger partial charge on any atom is -0.396 e. The van der Waals surface area contributed by atoms with E-state index in [4.69, 9.17) is 0 Å². The van der Waals surface area contributed by atoms with Gasteiger partial charge in [0.2, 0.25) is 0 Å². The molecule has 0 radical (unpaired) electrons. The van der Waals surface area contributed by atoms with Gasteiger partial charge in [0.1, 0.15) is 0 Å². The fraction of sp³-hybridized carbons (Fsp3) is 0.600. The molecular weight excluding hydrogens is 196 g/mol. The van der Waals surface area contributed by atoms with Crippen molar-refractivity contribution in [3.8, 4) is 0 Å². The predicted molar refractivity (Wildman–Crippen MR) is 67.8 cm³/mol. The molecule has 0 saturated heterocycles. The molecule has 1 N–H and O–H groups in total. The molecular formula is C15H22O. The molecule has 1 nitrogen and oxygen atoms in total. The van der Waals surface area contributed by atoms with Gasteiger partial charge in [0.15, 0.2) is 0 Å². The van der Waals surface area contributed by atoms with Gasteiger partial charge in [0, 0.05) is 6.61 Å². The van der Waals surface area contributed by atoms with Crippen LogP contribution in [0, 0.1) is 12.8 Å². The normalized spacial score (nSPS) is 26.2. The summed E-state index contributed by atoms with van der Waals surface area (Å²) in [6.07, 6.45) is 2.48. The van der Waals surface area contributed by atoms with Crippen molar-refractivity contribution in [3.63, 3.8) is 0 Å². The fourth-order valence-electron chi connectivity index (χ4n) is 2.92. The Morgan fingerprint density at radius 2 is 2.06 bits per heavy atom. The lowest BCUT2D eigenvalue weighted by atomic mass is 9.72. The standard InChI is InChI=1S/C15H22O/c1-10-4-6-13-11(2)5-7-14(12(3)9-16)15(13)8-10/h4,6,8,11-12,14,16H,5,7,9H2,1-3H3/t11-,12?,14+/m0/s1. The van der Waals surface area contributed by atoms with E-state index in [-0.39, 0.29) is 0 Å². The van der Waals surface area contributed by atoms with Gasteiger partial charge in [-0.05, 0) is 48.6 Å². The van der Waals surface area contributed by atoms with Crippen molar-refractivity contribution in [3.05, 3.63) is 34.9 Å². The highest BCUT2D eigenvalue weighted by Crippen LogP contribution is 2.42. The second kappa shape index (κ2) is 4.58. The first-order valence-corrected chi connectivity index (χ1v) is 6.34. The molecule has 1 heteroatoms. The van der Waals surface area contributed by atoms with E-state index >= 15 is 0 Å². The Bertz CT molecular complexity index is 370. The van der Waals surface area contributed by atoms with Gasteiger partial charge in [-0.25, -0.2) is 0 Å². The van der Waals surface area contributed by atoms with Gasteiger partial charge in [-0.2, -0.15) is 0 Å². The summed E-state index contributed by atoms with van der Waals surface area (Å²) < 4.78 is 0. The first-order chi connectivity index (χ1) is 7.63. The number of benzene rings is 1. The molecule has 0 amide bonds. The summed E-state index contributed by atoms with van der Waals surface area (Å²) >= 11 is 0. The molecule has 2 rings (SSSR count). The van der Waals surface area contributed by atoms with Crippen molar-refractivity contribution in [1.82, 2.24) is 0 Å². The molecule has 0 saturated carbocycles. The lowest BCUT2D eigenvalue weighted by Crippen LogP contribution is -2.20. The first-order valence-electron chi connectivity index (χ1n) is 6.34. The number of fused-ring (bicyclic) bond motifs is 1. The molecule has 1 aromatic carbocycles. The van der Waals surface area contributed by atoms with E-state index in [9.17, 15) is 5.11 Å². The summed E-state index contributed by atoms with van der Waals surface area (Å²) in [7, 11) is 0. The van der Waals surface area contributed by atoms with Crippen LogP contribution in [0.4, 0.5) is 0 Å². The maximum Gasteiger partial charge on any atom is 0.0462 e. The summed E-state index contributed by atoms with van der Waals surface area (Å²) in [5.74, 6) is 1.61. The lowest BCUT2D eigenvalue weighted by molar-refractivity contribution is 0.206. The highest BCUT2D eigenvalue weighted by atomic mass is 16.3. The average Bonchev–Trinajstić information content (AvgIpc) is 2.28. The third-order valence-electron chi connectivity index (χ3n) is 4.06. The molecule has 0 fully saturated rings. The van der Waals surface area contributed by atoms with Crippen LogP contribution in [-0.4, -0.2) is 11.7 Å². The largest absolute Gasteiger partial charge is 0.396 e. The number of hydrogen-bond acceptors (Lipinski definition) is 1. The van der Waals surface area contributed by atoms with Crippen molar-refractivity contribution in [2.75, 3.05) is 6.61 Å². The lowest BCUT2D eigenvalue weighted by Gasteiger charge is -2.33. The maximum atomic E-state index is 9.35. The molecule has 88 valence electrons. The Morgan fingerprint density at radius 3 is 2.75 bits per heavy atom. The maximum absolute atomic E-state index is 9.35. The Kier molecular flexibility index (Phi) is 3.34. The van der Waals surface area contributed by atoms with E-state index in [2.05, 4.69) is 39.0 Å². The van der Waals surface area contributed by atoms with E-state index in [1.54, 1.807) is 0 Å². The van der Waals surface area contributed by atoms with Crippen LogP contribution < -0.4 is 0 Å². The van der Waals surface area contributed by atoms with Gasteiger partial charge in [0.05, 0.1) is 0 Å². The van der Waals surface area contributed by atoms with Crippen LogP contribution >= 0.6 is 0 Å². The van der Waals surface area contributed by atoms with Crippen molar-refractivity contribution in [2.24, 2.45) is 5.92 Å². The number of aliphatic hydroxyl groups is 1. The minimum absolute atomic E-state index is 0.298. The number of rotatable bonds is 2. The molecule has 1 unspecified atom stereocenters. The summed E-state index contributed by atoms with van der Waals surface area (Å²) in [6, 6.07) is 6.81. The number of aliphatic hydroxyl groups excluding tert-OH is 1. The Labute approximate surface area is 98.5 Å². The van der Waals surface area contributed by atoms with Crippen LogP contribution in [0.15, 0.2) is 18.2 Å². The van der Waals surface area contributed by atoms with Gasteiger partial charge in [0.25, 0.3) is 0 Å². The average molecular weight is 218 g/mol. The van der Waals surface area contributed by atoms with Crippen molar-refractivity contribution in [1.29, 1.82) is 0 Å². The van der Waals surface area contributed by atoms with Crippen LogP contribution in [0.25, 0.3) is 0 Å². The third kappa shape index (κ3) is 2.01. The summed E-state index contributed by atoms with van der Waals surface area (Å²) in [5, 5.41) is 9.35. The molecule has 16 heavy (non-hydrogen) atoms. The molecule has 0 aliphatic heterocycles. The quantitative estimate of drug-likeness (QED) is 0.804. The molecule has 1 aliphatic rings. The zero-order valence-electron chi connectivity index (χ0n) is 10.5. The van der Waals surface area contributed by atoms with Gasteiger partial charge in [-0.1, -0.05) is 37.6 Å². The van der Waals surface area contributed by atoms with Gasteiger partial charge < -0.3 is 5.11 Å². The van der Waals surface area contributed by atoms with Crippen molar-refractivity contribution in [2.45, 2.75) is 45.4 Å². The molecule has 0 spiro atoms. The second-order valence-electron chi connectivity index (χ2n) is 5.38. The van der Waals surface area contributed by atoms with E-state index in [1.807, 2.05) is 0 Å². The smallest absolute Gasteiger partial charge is 0.0462 e. The zero-order chi connectivity index (χ0) is 11.7. The SMILES string of the molecule is Cc1ccc2c(c1)[C@@H](C(C)CO)CC[C@@H]2C. The third-order valence-corrected chi connectivity index (χ3v) is 4.06. The topological polar surface area (TPSA) is 20.2 Å². The predicted octanol–water partition coefficient (Wildman–Crippen LogP) is 3.60. The van der Waals surface area contributed by atoms with Crippen LogP contribution in [-0.2, 0) is 0 Å². The van der Waals surface area contributed by atoms with Gasteiger partial charge >= 0.3 is 0 Å². The van der Waals surface area contributed by atoms with Gasteiger partial charge in [-0.15, -0.1) is 0 Å². The number of hydrogen-bond donors (Lipinski definition) is 1. The minimum atomic E-state index is 0.298. The van der Waals surface area contributed by atoms with Crippen LogP contribution in [0.5, 0.6) is 0 Å². The molecule has 0 aromatic heterocycles. The van der Waals surface area contributed by atoms with E-state index in [0.29, 0.717) is 24.4 Å². The van der Waals surface area contributed by atoms with Crippen LogP contribution in [0.2, 0.25) is 0 Å². The monoisotopic (exact) mass is 218 g/mol. The van der Waals surface area contributed by atoms with Crippen molar-refractivity contribution < 1.29 is 5.11 Å². The molecule has 1 aromatic rings. The summed E-state index contributed by atoms with van der Waals surface area (Å²) in [5.41, 5.74) is 4.32. The van der Waals surface area contributed by atoms with Gasteiger partial charge in [-0.3, -0.25) is 0 Å². The first kappa shape index (κ1) is 11.7. The van der Waals surface area contributed by atoms with Crippen molar-refractivity contribution >= 4 is 0 Å². The molecule has 0 heterocycles. The van der Waals surface area contributed by atoms with E-state index in [1.165, 1.54) is 29.5 Å². The highest BCUT2D eigenvalue weighted by molar-refractivity contribution is 5.38. The van der Waals surface area contributed by atoms with Crippen LogP contribution in [0.3, 0.4) is 0 Å². The fourth-order valence-corrected chi connectivity index (χ4v) is 2.92. The Balaban J connectivity index is 2.41. The molecule has 3 atom stereocenters. The molecule has 1 aliphatic carbocycles. The Hall–Kier alpha value is -0.820. The second-order valence-corrected chi connectivity index (χ2v) is 5.38. The highest BCUT2D eigenvalue weighted by Gasteiger charge is 2.28. The summed E-state index contributed by atoms with van der Waals surface area (Å²) in [4.78, 5) is 0. The van der Waals surface area contributed by atoms with E-state index in [0.717, 1.165) is 0 Å². The summed E-state index contributed by atoms with van der Waals surface area (Å²) in [6.45, 7) is 6.92. The molecule has 0 bridgehead atoms. The van der Waals surface area contributed by atoms with Crippen LogP contribution in [0.1, 0.15) is 55.2 Å². The zero-order valence-corrected chi connectivity index (χ0v) is 10.5. The van der Waals surface area contributed by atoms with E-state index < -0.39 is 0 Å². The Morgan fingerprint density at radius 1 is 1.31 bits per heavy atom. The number of aryl methyl sites for hydroxylation is 1.